The number of nitrogens with one attached hydrogen (secondary N) is 1. The normalized spacial score (nSPS) is 11.1. The minimum Gasteiger partial charge on any atom is -0.494 e. The number of H-pyrrole nitrogens is 1. The number of rotatable bonds is 8. The highest BCUT2D eigenvalue weighted by Crippen LogP contribution is 2.16. The van der Waals surface area contributed by atoms with E-state index in [-0.39, 0.29) is 0 Å². The zero-order chi connectivity index (χ0) is 15.7. The van der Waals surface area contributed by atoms with Gasteiger partial charge in [-0.05, 0) is 42.2 Å². The lowest BCUT2D eigenvalue weighted by atomic mass is 10.3. The summed E-state index contributed by atoms with van der Waals surface area (Å²) >= 11 is 3.33. The van der Waals surface area contributed by atoms with Crippen molar-refractivity contribution in [1.29, 1.82) is 0 Å². The molecule has 3 rings (SSSR count). The zero-order valence-corrected chi connectivity index (χ0v) is 14.1. The molecule has 0 radical (unpaired) electrons. The average Bonchev–Trinajstić information content (AvgIpc) is 3.25. The van der Waals surface area contributed by atoms with E-state index in [1.165, 1.54) is 4.88 Å². The summed E-state index contributed by atoms with van der Waals surface area (Å²) in [6.45, 7) is 0.701. The van der Waals surface area contributed by atoms with Crippen LogP contribution < -0.4 is 4.74 Å². The van der Waals surface area contributed by atoms with Gasteiger partial charge in [0.2, 0.25) is 5.16 Å². The summed E-state index contributed by atoms with van der Waals surface area (Å²) < 4.78 is 5.66. The Labute approximate surface area is 143 Å². The lowest BCUT2D eigenvalue weighted by Gasteiger charge is -2.04. The van der Waals surface area contributed by atoms with Gasteiger partial charge in [0.15, 0.2) is 0 Å². The van der Waals surface area contributed by atoms with Crippen LogP contribution in [-0.4, -0.2) is 27.5 Å². The van der Waals surface area contributed by atoms with Gasteiger partial charge in [0.1, 0.15) is 11.6 Å². The molecule has 0 atom stereocenters. The molecule has 0 unspecified atom stereocenters. The van der Waals surface area contributed by atoms with E-state index in [1.807, 2.05) is 48.6 Å². The molecule has 2 heterocycles. The van der Waals surface area contributed by atoms with E-state index in [1.54, 1.807) is 23.1 Å². The first kappa shape index (κ1) is 15.8. The van der Waals surface area contributed by atoms with Gasteiger partial charge in [0.25, 0.3) is 0 Å². The van der Waals surface area contributed by atoms with Crippen molar-refractivity contribution < 1.29 is 4.74 Å². The number of benzene rings is 1. The maximum absolute atomic E-state index is 5.66. The Morgan fingerprint density at radius 3 is 2.87 bits per heavy atom. The number of para-hydroxylation sites is 1. The third kappa shape index (κ3) is 5.26. The van der Waals surface area contributed by atoms with E-state index in [0.29, 0.717) is 6.61 Å². The molecule has 0 aliphatic carbocycles. The molecule has 0 fully saturated rings. The van der Waals surface area contributed by atoms with Crippen molar-refractivity contribution in [3.05, 3.63) is 58.5 Å². The highest BCUT2D eigenvalue weighted by molar-refractivity contribution is 7.99. The molecule has 118 valence electrons. The first-order chi connectivity index (χ1) is 11.4. The van der Waals surface area contributed by atoms with Gasteiger partial charge < -0.3 is 4.74 Å². The molecule has 2 aromatic heterocycles. The monoisotopic (exact) mass is 343 g/mol. The summed E-state index contributed by atoms with van der Waals surface area (Å²) in [6, 6.07) is 14.0. The molecule has 0 saturated heterocycles. The van der Waals surface area contributed by atoms with Crippen LogP contribution in [0.1, 0.15) is 17.1 Å². The first-order valence-electron chi connectivity index (χ1n) is 7.35. The Balaban J connectivity index is 1.38. The number of thioether (sulfide) groups is 1. The van der Waals surface area contributed by atoms with Gasteiger partial charge in [-0.25, -0.2) is 4.98 Å². The Morgan fingerprint density at radius 1 is 1.13 bits per heavy atom. The minimum absolute atomic E-state index is 0.701. The fraction of sp³-hybridized carbons (Fsp3) is 0.176. The third-order valence-corrected chi connectivity index (χ3v) is 4.73. The molecule has 0 aliphatic heterocycles. The lowest BCUT2D eigenvalue weighted by Crippen LogP contribution is -1.98. The van der Waals surface area contributed by atoms with E-state index < -0.39 is 0 Å². The minimum atomic E-state index is 0.701. The van der Waals surface area contributed by atoms with Crippen molar-refractivity contribution in [2.24, 2.45) is 0 Å². The topological polar surface area (TPSA) is 50.8 Å². The van der Waals surface area contributed by atoms with Crippen LogP contribution in [0, 0.1) is 0 Å². The molecule has 1 aromatic carbocycles. The van der Waals surface area contributed by atoms with Crippen molar-refractivity contribution in [2.45, 2.75) is 11.6 Å². The van der Waals surface area contributed by atoms with Gasteiger partial charge in [-0.2, -0.15) is 0 Å². The average molecular weight is 343 g/mol. The second-order valence-corrected chi connectivity index (χ2v) is 6.76. The summed E-state index contributed by atoms with van der Waals surface area (Å²) in [5.41, 5.74) is 0. The summed E-state index contributed by atoms with van der Waals surface area (Å²) in [7, 11) is 0. The number of aromatic nitrogens is 3. The Hall–Kier alpha value is -2.05. The van der Waals surface area contributed by atoms with Gasteiger partial charge in [-0.3, -0.25) is 5.10 Å². The molecular weight excluding hydrogens is 326 g/mol. The van der Waals surface area contributed by atoms with Crippen LogP contribution in [0.4, 0.5) is 0 Å². The molecule has 0 spiro atoms. The van der Waals surface area contributed by atoms with Crippen molar-refractivity contribution >= 4 is 35.3 Å². The van der Waals surface area contributed by atoms with Crippen LogP contribution in [0.25, 0.3) is 12.2 Å². The van der Waals surface area contributed by atoms with Crippen molar-refractivity contribution in [2.75, 3.05) is 12.4 Å². The smallest absolute Gasteiger partial charge is 0.208 e. The molecule has 6 heteroatoms. The Kier molecular flexibility index (Phi) is 5.88. The van der Waals surface area contributed by atoms with E-state index in [2.05, 4.69) is 26.6 Å². The van der Waals surface area contributed by atoms with E-state index in [0.717, 1.165) is 28.9 Å². The molecule has 0 saturated carbocycles. The lowest BCUT2D eigenvalue weighted by molar-refractivity contribution is 0.318. The fourth-order valence-electron chi connectivity index (χ4n) is 1.87. The first-order valence-corrected chi connectivity index (χ1v) is 9.21. The van der Waals surface area contributed by atoms with Crippen molar-refractivity contribution in [3.63, 3.8) is 0 Å². The SMILES string of the molecule is C(=C\c1cccs1)/c1nc(SCCCOc2ccccc2)n[nH]1. The number of aromatic amines is 1. The summed E-state index contributed by atoms with van der Waals surface area (Å²) in [4.78, 5) is 5.64. The van der Waals surface area contributed by atoms with Crippen molar-refractivity contribution in [1.82, 2.24) is 15.2 Å². The van der Waals surface area contributed by atoms with Crippen LogP contribution >= 0.6 is 23.1 Å². The van der Waals surface area contributed by atoms with E-state index >= 15 is 0 Å². The fourth-order valence-corrected chi connectivity index (χ4v) is 3.21. The van der Waals surface area contributed by atoms with Crippen LogP contribution in [0.15, 0.2) is 53.0 Å². The zero-order valence-electron chi connectivity index (χ0n) is 12.5. The molecule has 1 N–H and O–H groups in total. The van der Waals surface area contributed by atoms with Crippen LogP contribution in [-0.2, 0) is 0 Å². The van der Waals surface area contributed by atoms with Crippen LogP contribution in [0.2, 0.25) is 0 Å². The van der Waals surface area contributed by atoms with Crippen LogP contribution in [0.3, 0.4) is 0 Å². The summed E-state index contributed by atoms with van der Waals surface area (Å²) in [6.07, 6.45) is 4.93. The maximum Gasteiger partial charge on any atom is 0.208 e. The largest absolute Gasteiger partial charge is 0.494 e. The van der Waals surface area contributed by atoms with E-state index in [9.17, 15) is 0 Å². The highest BCUT2D eigenvalue weighted by atomic mass is 32.2. The molecule has 0 aliphatic rings. The molecule has 3 aromatic rings. The molecule has 0 amide bonds. The second kappa shape index (κ2) is 8.55. The Morgan fingerprint density at radius 2 is 2.04 bits per heavy atom. The van der Waals surface area contributed by atoms with Gasteiger partial charge >= 0.3 is 0 Å². The highest BCUT2D eigenvalue weighted by Gasteiger charge is 2.01. The predicted molar refractivity (Wildman–Crippen MR) is 96.9 cm³/mol. The van der Waals surface area contributed by atoms with Gasteiger partial charge in [0.05, 0.1) is 6.61 Å². The van der Waals surface area contributed by atoms with Gasteiger partial charge in [0, 0.05) is 10.6 Å². The maximum atomic E-state index is 5.66. The number of hydrogen-bond donors (Lipinski definition) is 1. The second-order valence-electron chi connectivity index (χ2n) is 4.72. The Bertz CT molecular complexity index is 723. The molecule has 23 heavy (non-hydrogen) atoms. The molecule has 4 nitrogen and oxygen atoms in total. The number of hydrogen-bond acceptors (Lipinski definition) is 5. The summed E-state index contributed by atoms with van der Waals surface area (Å²) in [5, 5.41) is 9.98. The van der Waals surface area contributed by atoms with Crippen LogP contribution in [0.5, 0.6) is 5.75 Å². The molecule has 0 bridgehead atoms. The summed E-state index contributed by atoms with van der Waals surface area (Å²) in [5.74, 6) is 2.62. The molecular formula is C17H17N3OS2. The van der Waals surface area contributed by atoms with Gasteiger partial charge in [-0.15, -0.1) is 16.4 Å². The number of nitrogens with zero attached hydrogens (tertiary/aromatic N) is 2. The third-order valence-electron chi connectivity index (χ3n) is 2.96. The standard InChI is InChI=1S/C17H17N3OS2/c1-2-6-14(7-3-1)21-11-5-13-23-17-18-16(19-20-17)10-9-15-8-4-12-22-15/h1-4,6-10,12H,5,11,13H2,(H,18,19,20)/b10-9+. The number of thiophene rings is 1. The predicted octanol–water partition coefficient (Wildman–Crippen LogP) is 4.60. The van der Waals surface area contributed by atoms with Gasteiger partial charge in [-0.1, -0.05) is 36.0 Å². The quantitative estimate of drug-likeness (QED) is 0.480. The number of ether oxygens (including phenoxy) is 1. The van der Waals surface area contributed by atoms with E-state index in [4.69, 9.17) is 4.74 Å². The van der Waals surface area contributed by atoms with Crippen molar-refractivity contribution in [3.8, 4) is 5.75 Å².